The third-order valence-corrected chi connectivity index (χ3v) is 12.4. The molecule has 0 bridgehead atoms. The van der Waals surface area contributed by atoms with Crippen molar-refractivity contribution in [1.82, 2.24) is 4.98 Å². The second-order valence-electron chi connectivity index (χ2n) is 14.2. The highest BCUT2D eigenvalue weighted by Crippen LogP contribution is 2.46. The van der Waals surface area contributed by atoms with E-state index in [0.29, 0.717) is 46.8 Å². The first-order valence-electron chi connectivity index (χ1n) is 17.9. The lowest BCUT2D eigenvalue weighted by molar-refractivity contribution is -0.000516. The molecule has 2 aromatic heterocycles. The zero-order valence-electron chi connectivity index (χ0n) is 29.3. The molecular formula is C42H38ClFN4O4S. The minimum atomic E-state index is -0.532. The number of ether oxygens (including phenoxy) is 1. The Morgan fingerprint density at radius 3 is 2.51 bits per heavy atom. The summed E-state index contributed by atoms with van der Waals surface area (Å²) in [5.74, 6) is -0.341. The van der Waals surface area contributed by atoms with Gasteiger partial charge in [0.15, 0.2) is 5.78 Å². The molecule has 5 aromatic rings. The summed E-state index contributed by atoms with van der Waals surface area (Å²) < 4.78 is 19.8. The predicted molar refractivity (Wildman–Crippen MR) is 207 cm³/mol. The molecule has 0 atom stereocenters. The van der Waals surface area contributed by atoms with Crippen LogP contribution in [0, 0.1) is 18.2 Å². The Bertz CT molecular complexity index is 2220. The molecule has 8 rings (SSSR count). The van der Waals surface area contributed by atoms with E-state index in [1.807, 2.05) is 67.7 Å². The number of para-hydroxylation sites is 2. The van der Waals surface area contributed by atoms with E-state index in [1.165, 1.54) is 23.5 Å². The number of aryl methyl sites for hydroxylation is 2. The number of amides is 2. The summed E-state index contributed by atoms with van der Waals surface area (Å²) in [5.41, 5.74) is 5.77. The SMILES string of the molecule is Cc1cnc(N2CC3(CCOCC3)C2)c(C(=O)CCc2ccc(C(=O)N3CCc4c(sc(C(=O)Nc5ccccc5F)c4Cl)-c4ccccc43)cc2)c1. The Kier molecular flexibility index (Phi) is 9.61. The second kappa shape index (κ2) is 14.5. The fourth-order valence-electron chi connectivity index (χ4n) is 7.65. The van der Waals surface area contributed by atoms with E-state index < -0.39 is 11.7 Å². The Balaban J connectivity index is 0.953. The lowest BCUT2D eigenvalue weighted by Gasteiger charge is -2.53. The summed E-state index contributed by atoms with van der Waals surface area (Å²) in [4.78, 5) is 50.6. The van der Waals surface area contributed by atoms with Gasteiger partial charge in [-0.3, -0.25) is 14.4 Å². The largest absolute Gasteiger partial charge is 0.381 e. The van der Waals surface area contributed by atoms with Gasteiger partial charge in [-0.15, -0.1) is 11.3 Å². The number of fused-ring (bicyclic) bond motifs is 3. The number of anilines is 3. The minimum Gasteiger partial charge on any atom is -0.381 e. The molecule has 11 heteroatoms. The first-order valence-corrected chi connectivity index (χ1v) is 19.1. The maximum atomic E-state index is 14.3. The molecular weight excluding hydrogens is 711 g/mol. The van der Waals surface area contributed by atoms with Gasteiger partial charge in [-0.05, 0) is 85.7 Å². The highest BCUT2D eigenvalue weighted by atomic mass is 35.5. The smallest absolute Gasteiger partial charge is 0.267 e. The van der Waals surface area contributed by atoms with Gasteiger partial charge >= 0.3 is 0 Å². The van der Waals surface area contributed by atoms with E-state index in [9.17, 15) is 18.8 Å². The third-order valence-electron chi connectivity index (χ3n) is 10.6. The van der Waals surface area contributed by atoms with Crippen molar-refractivity contribution in [2.45, 2.75) is 39.0 Å². The molecule has 0 radical (unpaired) electrons. The number of hydrogen-bond donors (Lipinski definition) is 1. The van der Waals surface area contributed by atoms with Crippen molar-refractivity contribution in [3.63, 3.8) is 0 Å². The van der Waals surface area contributed by atoms with Crippen LogP contribution in [0.25, 0.3) is 10.4 Å². The number of rotatable bonds is 8. The van der Waals surface area contributed by atoms with Gasteiger partial charge in [0, 0.05) is 66.9 Å². The van der Waals surface area contributed by atoms with E-state index in [2.05, 4.69) is 10.2 Å². The van der Waals surface area contributed by atoms with Crippen LogP contribution in [0.2, 0.25) is 5.02 Å². The Hall–Kier alpha value is -4.90. The van der Waals surface area contributed by atoms with Crippen molar-refractivity contribution in [2.24, 2.45) is 5.41 Å². The Morgan fingerprint density at radius 2 is 1.74 bits per heavy atom. The zero-order chi connectivity index (χ0) is 36.7. The van der Waals surface area contributed by atoms with E-state index in [4.69, 9.17) is 21.3 Å². The quantitative estimate of drug-likeness (QED) is 0.160. The molecule has 0 unspecified atom stereocenters. The maximum Gasteiger partial charge on any atom is 0.267 e. The number of hydrogen-bond acceptors (Lipinski definition) is 7. The predicted octanol–water partition coefficient (Wildman–Crippen LogP) is 8.80. The number of halogens is 2. The van der Waals surface area contributed by atoms with Crippen molar-refractivity contribution < 1.29 is 23.5 Å². The van der Waals surface area contributed by atoms with Gasteiger partial charge in [0.2, 0.25) is 0 Å². The zero-order valence-corrected chi connectivity index (χ0v) is 30.9. The molecule has 270 valence electrons. The monoisotopic (exact) mass is 748 g/mol. The van der Waals surface area contributed by atoms with Crippen molar-refractivity contribution >= 4 is 57.7 Å². The Labute approximate surface area is 316 Å². The third kappa shape index (κ3) is 6.87. The molecule has 2 amide bonds. The number of carbonyl (C=O) groups excluding carboxylic acids is 3. The number of Topliss-reactive ketones (excluding diaryl/α,β-unsaturated/α-hetero) is 1. The molecule has 3 aliphatic heterocycles. The number of nitrogens with one attached hydrogen (secondary N) is 1. The normalized spacial score (nSPS) is 16.0. The average Bonchev–Trinajstić information content (AvgIpc) is 3.40. The summed E-state index contributed by atoms with van der Waals surface area (Å²) in [6.07, 6.45) is 5.24. The van der Waals surface area contributed by atoms with Crippen LogP contribution in [0.5, 0.6) is 0 Å². The number of carbonyl (C=O) groups is 3. The van der Waals surface area contributed by atoms with Crippen LogP contribution >= 0.6 is 22.9 Å². The maximum absolute atomic E-state index is 14.3. The number of thiophene rings is 1. The van der Waals surface area contributed by atoms with E-state index >= 15 is 0 Å². The van der Waals surface area contributed by atoms with Gasteiger partial charge in [-0.2, -0.15) is 0 Å². The van der Waals surface area contributed by atoms with Crippen LogP contribution in [0.15, 0.2) is 85.1 Å². The number of pyridine rings is 1. The molecule has 1 N–H and O–H groups in total. The molecule has 2 saturated heterocycles. The van der Waals surface area contributed by atoms with Crippen molar-refractivity contribution in [2.75, 3.05) is 48.0 Å². The molecule has 3 aliphatic rings. The number of aromatic nitrogens is 1. The van der Waals surface area contributed by atoms with Crippen LogP contribution in [0.3, 0.4) is 0 Å². The highest BCUT2D eigenvalue weighted by molar-refractivity contribution is 7.18. The summed E-state index contributed by atoms with van der Waals surface area (Å²) >= 11 is 8.06. The highest BCUT2D eigenvalue weighted by Gasteiger charge is 2.45. The van der Waals surface area contributed by atoms with Gasteiger partial charge in [0.05, 0.1) is 22.0 Å². The summed E-state index contributed by atoms with van der Waals surface area (Å²) in [6.45, 7) is 5.71. The molecule has 5 heterocycles. The molecule has 1 spiro atoms. The van der Waals surface area contributed by atoms with Crippen LogP contribution in [0.1, 0.15) is 66.3 Å². The summed E-state index contributed by atoms with van der Waals surface area (Å²) in [7, 11) is 0. The average molecular weight is 749 g/mol. The fourth-order valence-corrected chi connectivity index (χ4v) is 9.26. The second-order valence-corrected chi connectivity index (χ2v) is 15.6. The van der Waals surface area contributed by atoms with Crippen LogP contribution < -0.4 is 15.1 Å². The lowest BCUT2D eigenvalue weighted by Crippen LogP contribution is -2.59. The summed E-state index contributed by atoms with van der Waals surface area (Å²) in [6, 6.07) is 23.0. The van der Waals surface area contributed by atoms with Crippen molar-refractivity contribution in [1.29, 1.82) is 0 Å². The van der Waals surface area contributed by atoms with Crippen LogP contribution in [0.4, 0.5) is 21.6 Å². The molecule has 0 saturated carbocycles. The number of ketones is 1. The van der Waals surface area contributed by atoms with E-state index in [0.717, 1.165) is 77.8 Å². The lowest BCUT2D eigenvalue weighted by atomic mass is 9.73. The van der Waals surface area contributed by atoms with Gasteiger partial charge in [-0.1, -0.05) is 54.1 Å². The molecule has 3 aromatic carbocycles. The first-order chi connectivity index (χ1) is 25.7. The molecule has 0 aliphatic carbocycles. The van der Waals surface area contributed by atoms with Crippen LogP contribution in [-0.2, 0) is 17.6 Å². The van der Waals surface area contributed by atoms with E-state index in [1.54, 1.807) is 17.0 Å². The number of nitrogens with zero attached hydrogens (tertiary/aromatic N) is 3. The summed E-state index contributed by atoms with van der Waals surface area (Å²) in [5, 5.41) is 2.95. The molecule has 2 fully saturated rings. The molecule has 8 nitrogen and oxygen atoms in total. The number of benzene rings is 3. The topological polar surface area (TPSA) is 91.8 Å². The van der Waals surface area contributed by atoms with E-state index in [-0.39, 0.29) is 22.8 Å². The van der Waals surface area contributed by atoms with Crippen LogP contribution in [-0.4, -0.2) is 55.4 Å². The van der Waals surface area contributed by atoms with Gasteiger partial charge in [0.1, 0.15) is 16.5 Å². The van der Waals surface area contributed by atoms with Gasteiger partial charge in [-0.25, -0.2) is 9.37 Å². The molecule has 53 heavy (non-hydrogen) atoms. The first kappa shape index (κ1) is 35.1. The van der Waals surface area contributed by atoms with Crippen molar-refractivity contribution in [3.05, 3.63) is 129 Å². The standard InChI is InChI=1S/C42H38ClFN4O4S/c1-26-22-31(39(45-23-26)47-24-42(25-47)17-20-52-21-18-42)35(49)15-12-27-10-13-28(14-11-27)41(51)48-19-16-30-36(43)38(40(50)46-33-8-4-3-7-32(33)44)53-37(30)29-6-2-5-9-34(29)48/h2-11,13-14,22-23H,12,15-21,24-25H2,1H3,(H,46,50). The van der Waals surface area contributed by atoms with Gasteiger partial charge < -0.3 is 19.9 Å². The van der Waals surface area contributed by atoms with Crippen molar-refractivity contribution in [3.8, 4) is 10.4 Å². The fraction of sp³-hybridized carbons (Fsp3) is 0.286. The minimum absolute atomic E-state index is 0.0597. The van der Waals surface area contributed by atoms with Gasteiger partial charge in [0.25, 0.3) is 11.8 Å². The Morgan fingerprint density at radius 1 is 1.00 bits per heavy atom.